The Morgan fingerprint density at radius 1 is 0.739 bits per heavy atom. The summed E-state index contributed by atoms with van der Waals surface area (Å²) in [4.78, 5) is 18.4. The molecule has 1 heterocycles. The molecule has 0 aliphatic heterocycles. The fourth-order valence-corrected chi connectivity index (χ4v) is 2.17. The minimum Gasteiger partial charge on any atom is -0.306 e. The quantitative estimate of drug-likeness (QED) is 0.788. The van der Waals surface area contributed by atoms with Gasteiger partial charge in [-0.05, 0) is 29.3 Å². The van der Waals surface area contributed by atoms with Gasteiger partial charge in [0, 0.05) is 5.69 Å². The SMILES string of the molecule is O=c1nc(/C=C/c2ccccc2)cc(/C=C/c2ccccc2)[nH]1. The Bertz CT molecular complexity index is 808. The third kappa shape index (κ3) is 4.38. The van der Waals surface area contributed by atoms with Gasteiger partial charge in [0.15, 0.2) is 0 Å². The van der Waals surface area contributed by atoms with Crippen molar-refractivity contribution in [1.82, 2.24) is 9.97 Å². The number of nitrogens with one attached hydrogen (secondary N) is 1. The molecular weight excluding hydrogens is 284 g/mol. The second-order valence-corrected chi connectivity index (χ2v) is 5.05. The summed E-state index contributed by atoms with van der Waals surface area (Å²) < 4.78 is 0. The lowest BCUT2D eigenvalue weighted by molar-refractivity contribution is 1.05. The highest BCUT2D eigenvalue weighted by Crippen LogP contribution is 2.08. The molecule has 0 aliphatic rings. The molecule has 0 aliphatic carbocycles. The third-order valence-corrected chi connectivity index (χ3v) is 3.29. The van der Waals surface area contributed by atoms with Crippen LogP contribution in [0.25, 0.3) is 24.3 Å². The van der Waals surface area contributed by atoms with E-state index in [-0.39, 0.29) is 5.69 Å². The van der Waals surface area contributed by atoms with Gasteiger partial charge < -0.3 is 4.98 Å². The topological polar surface area (TPSA) is 45.8 Å². The average Bonchev–Trinajstić information content (AvgIpc) is 2.60. The summed E-state index contributed by atoms with van der Waals surface area (Å²) in [5.41, 5.74) is 3.14. The molecule has 0 spiro atoms. The highest BCUT2D eigenvalue weighted by molar-refractivity contribution is 5.71. The Morgan fingerprint density at radius 3 is 1.91 bits per heavy atom. The maximum absolute atomic E-state index is 11.7. The molecule has 0 unspecified atom stereocenters. The van der Waals surface area contributed by atoms with Crippen molar-refractivity contribution in [2.45, 2.75) is 0 Å². The minimum absolute atomic E-state index is 0.354. The van der Waals surface area contributed by atoms with E-state index >= 15 is 0 Å². The molecule has 0 saturated carbocycles. The molecule has 3 aromatic rings. The second-order valence-electron chi connectivity index (χ2n) is 5.05. The van der Waals surface area contributed by atoms with E-state index < -0.39 is 0 Å². The monoisotopic (exact) mass is 300 g/mol. The van der Waals surface area contributed by atoms with Crippen LogP contribution in [-0.4, -0.2) is 9.97 Å². The Hall–Kier alpha value is -3.20. The maximum Gasteiger partial charge on any atom is 0.345 e. The summed E-state index contributed by atoms with van der Waals surface area (Å²) in [6.07, 6.45) is 7.60. The van der Waals surface area contributed by atoms with Crippen LogP contribution < -0.4 is 5.69 Å². The number of aromatic nitrogens is 2. The molecule has 0 amide bonds. The van der Waals surface area contributed by atoms with E-state index in [9.17, 15) is 4.79 Å². The average molecular weight is 300 g/mol. The van der Waals surface area contributed by atoms with E-state index in [0.717, 1.165) is 16.8 Å². The Balaban J connectivity index is 1.83. The molecule has 0 atom stereocenters. The van der Waals surface area contributed by atoms with Crippen LogP contribution in [0.4, 0.5) is 0 Å². The molecule has 1 N–H and O–H groups in total. The summed E-state index contributed by atoms with van der Waals surface area (Å²) in [5, 5.41) is 0. The summed E-state index contributed by atoms with van der Waals surface area (Å²) in [6, 6.07) is 21.7. The molecule has 0 fully saturated rings. The van der Waals surface area contributed by atoms with Crippen LogP contribution in [0.15, 0.2) is 71.5 Å². The van der Waals surface area contributed by atoms with Crippen LogP contribution in [-0.2, 0) is 0 Å². The Morgan fingerprint density at radius 2 is 1.30 bits per heavy atom. The fourth-order valence-electron chi connectivity index (χ4n) is 2.17. The van der Waals surface area contributed by atoms with Crippen LogP contribution >= 0.6 is 0 Å². The van der Waals surface area contributed by atoms with Crippen molar-refractivity contribution in [2.75, 3.05) is 0 Å². The molecule has 1 aromatic heterocycles. The predicted molar refractivity (Wildman–Crippen MR) is 95.6 cm³/mol. The maximum atomic E-state index is 11.7. The molecule has 3 nitrogen and oxygen atoms in total. The van der Waals surface area contributed by atoms with Crippen molar-refractivity contribution in [1.29, 1.82) is 0 Å². The fraction of sp³-hybridized carbons (Fsp3) is 0. The van der Waals surface area contributed by atoms with Crippen molar-refractivity contribution in [3.63, 3.8) is 0 Å². The molecule has 2 aromatic carbocycles. The first-order valence-electron chi connectivity index (χ1n) is 7.37. The van der Waals surface area contributed by atoms with Crippen LogP contribution in [0.2, 0.25) is 0 Å². The zero-order valence-corrected chi connectivity index (χ0v) is 12.5. The van der Waals surface area contributed by atoms with E-state index in [1.807, 2.05) is 91.0 Å². The van der Waals surface area contributed by atoms with Gasteiger partial charge in [-0.3, -0.25) is 0 Å². The van der Waals surface area contributed by atoms with Crippen molar-refractivity contribution >= 4 is 24.3 Å². The van der Waals surface area contributed by atoms with Crippen LogP contribution in [0.1, 0.15) is 22.5 Å². The normalized spacial score (nSPS) is 11.3. The summed E-state index contributed by atoms with van der Waals surface area (Å²) >= 11 is 0. The molecule has 3 heteroatoms. The van der Waals surface area contributed by atoms with Gasteiger partial charge in [0.25, 0.3) is 0 Å². The van der Waals surface area contributed by atoms with E-state index in [2.05, 4.69) is 9.97 Å². The summed E-state index contributed by atoms with van der Waals surface area (Å²) in [7, 11) is 0. The lowest BCUT2D eigenvalue weighted by Crippen LogP contribution is -2.12. The van der Waals surface area contributed by atoms with Crippen molar-refractivity contribution in [2.24, 2.45) is 0 Å². The molecule has 0 saturated heterocycles. The molecule has 23 heavy (non-hydrogen) atoms. The first-order valence-corrected chi connectivity index (χ1v) is 7.37. The predicted octanol–water partition coefficient (Wildman–Crippen LogP) is 4.11. The van der Waals surface area contributed by atoms with Gasteiger partial charge in [-0.25, -0.2) is 4.79 Å². The number of aromatic amines is 1. The number of hydrogen-bond acceptors (Lipinski definition) is 2. The van der Waals surface area contributed by atoms with Crippen molar-refractivity contribution in [3.8, 4) is 0 Å². The van der Waals surface area contributed by atoms with Crippen molar-refractivity contribution < 1.29 is 0 Å². The first kappa shape index (κ1) is 14.7. The molecule has 0 radical (unpaired) electrons. The summed E-state index contributed by atoms with van der Waals surface area (Å²) in [5.74, 6) is 0. The Kier molecular flexibility index (Phi) is 4.60. The van der Waals surface area contributed by atoms with Gasteiger partial charge in [-0.2, -0.15) is 4.98 Å². The van der Waals surface area contributed by atoms with Gasteiger partial charge in [0.2, 0.25) is 0 Å². The number of rotatable bonds is 4. The molecular formula is C20H16N2O. The van der Waals surface area contributed by atoms with E-state index in [1.54, 1.807) is 0 Å². The number of hydrogen-bond donors (Lipinski definition) is 1. The molecule has 112 valence electrons. The van der Waals surface area contributed by atoms with Crippen LogP contribution in [0, 0.1) is 0 Å². The third-order valence-electron chi connectivity index (χ3n) is 3.29. The van der Waals surface area contributed by atoms with E-state index in [4.69, 9.17) is 0 Å². The highest BCUT2D eigenvalue weighted by atomic mass is 16.1. The van der Waals surface area contributed by atoms with E-state index in [1.165, 1.54) is 0 Å². The Labute approximate surface area is 134 Å². The van der Waals surface area contributed by atoms with Gasteiger partial charge in [0.1, 0.15) is 0 Å². The lowest BCUT2D eigenvalue weighted by atomic mass is 10.2. The zero-order valence-electron chi connectivity index (χ0n) is 12.5. The van der Waals surface area contributed by atoms with Gasteiger partial charge in [-0.1, -0.05) is 72.8 Å². The smallest absolute Gasteiger partial charge is 0.306 e. The first-order chi connectivity index (χ1) is 11.3. The number of nitrogens with zero attached hydrogens (tertiary/aromatic N) is 1. The lowest BCUT2D eigenvalue weighted by Gasteiger charge is -1.97. The minimum atomic E-state index is -0.354. The van der Waals surface area contributed by atoms with Crippen molar-refractivity contribution in [3.05, 3.63) is 99.7 Å². The summed E-state index contributed by atoms with van der Waals surface area (Å²) in [6.45, 7) is 0. The standard InChI is InChI=1S/C20H16N2O/c23-20-21-18(13-11-16-7-3-1-4-8-16)15-19(22-20)14-12-17-9-5-2-6-10-17/h1-15H,(H,21,22,23)/b13-11+,14-12+. The highest BCUT2D eigenvalue weighted by Gasteiger charge is 1.96. The van der Waals surface area contributed by atoms with Crippen LogP contribution in [0.5, 0.6) is 0 Å². The number of benzene rings is 2. The van der Waals surface area contributed by atoms with Crippen LogP contribution in [0.3, 0.4) is 0 Å². The van der Waals surface area contributed by atoms with Gasteiger partial charge in [-0.15, -0.1) is 0 Å². The largest absolute Gasteiger partial charge is 0.345 e. The molecule has 0 bridgehead atoms. The second kappa shape index (κ2) is 7.18. The van der Waals surface area contributed by atoms with Gasteiger partial charge >= 0.3 is 5.69 Å². The zero-order chi connectivity index (χ0) is 15.9. The number of H-pyrrole nitrogens is 1. The van der Waals surface area contributed by atoms with E-state index in [0.29, 0.717) is 5.69 Å². The molecule has 3 rings (SSSR count). The van der Waals surface area contributed by atoms with Gasteiger partial charge in [0.05, 0.1) is 5.69 Å².